The number of hydrogen-bond donors (Lipinski definition) is 0. The molecule has 86 valence electrons. The van der Waals surface area contributed by atoms with E-state index in [0.717, 1.165) is 5.56 Å². The zero-order valence-electron chi connectivity index (χ0n) is 9.23. The second kappa shape index (κ2) is 5.30. The second-order valence-electron chi connectivity index (χ2n) is 3.41. The van der Waals surface area contributed by atoms with Crippen LogP contribution >= 0.6 is 0 Å². The molecule has 1 atom stereocenters. The van der Waals surface area contributed by atoms with Crippen LogP contribution in [0.25, 0.3) is 0 Å². The Morgan fingerprint density at radius 3 is 2.31 bits per heavy atom. The SMILES string of the molecule is CCOC(=O)C(C(=O)[O-])c1ccc(C)cc1. The highest BCUT2D eigenvalue weighted by molar-refractivity contribution is 5.99. The van der Waals surface area contributed by atoms with Crippen molar-refractivity contribution in [2.45, 2.75) is 19.8 Å². The van der Waals surface area contributed by atoms with E-state index in [9.17, 15) is 14.7 Å². The quantitative estimate of drug-likeness (QED) is 0.545. The molecule has 0 saturated heterocycles. The van der Waals surface area contributed by atoms with Gasteiger partial charge in [-0.2, -0.15) is 0 Å². The van der Waals surface area contributed by atoms with E-state index in [1.54, 1.807) is 31.2 Å². The van der Waals surface area contributed by atoms with Crippen molar-refractivity contribution in [2.24, 2.45) is 0 Å². The number of carboxylic acids is 1. The number of hydrogen-bond acceptors (Lipinski definition) is 4. The molecule has 1 aromatic carbocycles. The molecule has 0 N–H and O–H groups in total. The number of benzene rings is 1. The lowest BCUT2D eigenvalue weighted by molar-refractivity contribution is -0.307. The van der Waals surface area contributed by atoms with Gasteiger partial charge in [0, 0.05) is 0 Å². The van der Waals surface area contributed by atoms with E-state index in [-0.39, 0.29) is 6.61 Å². The van der Waals surface area contributed by atoms with E-state index in [1.807, 2.05) is 6.92 Å². The van der Waals surface area contributed by atoms with Gasteiger partial charge in [-0.05, 0) is 19.4 Å². The molecule has 0 amide bonds. The van der Waals surface area contributed by atoms with Gasteiger partial charge in [0.05, 0.1) is 12.6 Å². The summed E-state index contributed by atoms with van der Waals surface area (Å²) in [6, 6.07) is 6.66. The highest BCUT2D eigenvalue weighted by Crippen LogP contribution is 2.17. The maximum atomic E-state index is 11.4. The molecule has 0 fully saturated rings. The Hall–Kier alpha value is -1.84. The Morgan fingerprint density at radius 1 is 1.31 bits per heavy atom. The van der Waals surface area contributed by atoms with Gasteiger partial charge in [0.2, 0.25) is 0 Å². The summed E-state index contributed by atoms with van der Waals surface area (Å²) >= 11 is 0. The van der Waals surface area contributed by atoms with Crippen molar-refractivity contribution in [1.29, 1.82) is 0 Å². The summed E-state index contributed by atoms with van der Waals surface area (Å²) in [5.41, 5.74) is 1.37. The molecule has 0 bridgehead atoms. The molecule has 4 nitrogen and oxygen atoms in total. The van der Waals surface area contributed by atoms with Gasteiger partial charge in [0.1, 0.15) is 5.92 Å². The van der Waals surface area contributed by atoms with Gasteiger partial charge in [-0.15, -0.1) is 0 Å². The molecule has 4 heteroatoms. The van der Waals surface area contributed by atoms with Crippen molar-refractivity contribution in [2.75, 3.05) is 6.61 Å². The largest absolute Gasteiger partial charge is 0.549 e. The average molecular weight is 221 g/mol. The van der Waals surface area contributed by atoms with Crippen LogP contribution in [0, 0.1) is 6.92 Å². The fourth-order valence-corrected chi connectivity index (χ4v) is 1.35. The smallest absolute Gasteiger partial charge is 0.319 e. The molecule has 0 saturated carbocycles. The van der Waals surface area contributed by atoms with Crippen LogP contribution in [0.1, 0.15) is 24.0 Å². The summed E-state index contributed by atoms with van der Waals surface area (Å²) < 4.78 is 4.69. The number of carboxylic acid groups (broad SMARTS) is 1. The highest BCUT2D eigenvalue weighted by Gasteiger charge is 2.22. The van der Waals surface area contributed by atoms with Crippen LogP contribution < -0.4 is 5.11 Å². The lowest BCUT2D eigenvalue weighted by Crippen LogP contribution is -2.35. The van der Waals surface area contributed by atoms with Crippen LogP contribution in [0.5, 0.6) is 0 Å². The molecule has 0 aliphatic carbocycles. The molecule has 0 radical (unpaired) electrons. The maximum Gasteiger partial charge on any atom is 0.319 e. The number of ether oxygens (including phenoxy) is 1. The zero-order chi connectivity index (χ0) is 12.1. The van der Waals surface area contributed by atoms with Crippen LogP contribution in [0.2, 0.25) is 0 Å². The van der Waals surface area contributed by atoms with Gasteiger partial charge in [0.25, 0.3) is 0 Å². The normalized spacial score (nSPS) is 11.9. The van der Waals surface area contributed by atoms with E-state index in [2.05, 4.69) is 0 Å². The predicted molar refractivity (Wildman–Crippen MR) is 55.6 cm³/mol. The summed E-state index contributed by atoms with van der Waals surface area (Å²) in [7, 11) is 0. The molecule has 0 aromatic heterocycles. The van der Waals surface area contributed by atoms with Gasteiger partial charge in [0.15, 0.2) is 0 Å². The lowest BCUT2D eigenvalue weighted by Gasteiger charge is -2.16. The van der Waals surface area contributed by atoms with Crippen LogP contribution in [0.15, 0.2) is 24.3 Å². The second-order valence-corrected chi connectivity index (χ2v) is 3.41. The Balaban J connectivity index is 2.98. The number of carbonyl (C=O) groups excluding carboxylic acids is 2. The first kappa shape index (κ1) is 12.2. The van der Waals surface area contributed by atoms with Crippen LogP contribution in [0.3, 0.4) is 0 Å². The van der Waals surface area contributed by atoms with Crippen molar-refractivity contribution in [1.82, 2.24) is 0 Å². The van der Waals surface area contributed by atoms with Crippen molar-refractivity contribution in [3.05, 3.63) is 35.4 Å². The van der Waals surface area contributed by atoms with E-state index in [4.69, 9.17) is 4.74 Å². The minimum atomic E-state index is -1.44. The fourth-order valence-electron chi connectivity index (χ4n) is 1.35. The van der Waals surface area contributed by atoms with E-state index < -0.39 is 17.9 Å². The summed E-state index contributed by atoms with van der Waals surface area (Å²) in [5.74, 6) is -3.57. The van der Waals surface area contributed by atoms with Gasteiger partial charge in [-0.25, -0.2) is 0 Å². The first-order chi connectivity index (χ1) is 7.56. The van der Waals surface area contributed by atoms with Crippen LogP contribution in [0.4, 0.5) is 0 Å². The number of rotatable bonds is 4. The lowest BCUT2D eigenvalue weighted by atomic mass is 9.98. The number of aryl methyl sites for hydroxylation is 1. The Morgan fingerprint density at radius 2 is 1.88 bits per heavy atom. The Kier molecular flexibility index (Phi) is 4.05. The summed E-state index contributed by atoms with van der Waals surface area (Å²) in [6.07, 6.45) is 0. The molecule has 1 rings (SSSR count). The topological polar surface area (TPSA) is 66.4 Å². The van der Waals surface area contributed by atoms with Crippen molar-refractivity contribution >= 4 is 11.9 Å². The molecule has 1 unspecified atom stereocenters. The van der Waals surface area contributed by atoms with Gasteiger partial charge < -0.3 is 14.6 Å². The Labute approximate surface area is 93.9 Å². The third kappa shape index (κ3) is 2.82. The molecule has 1 aromatic rings. The first-order valence-electron chi connectivity index (χ1n) is 5.00. The third-order valence-corrected chi connectivity index (χ3v) is 2.17. The summed E-state index contributed by atoms with van der Waals surface area (Å²) in [6.45, 7) is 3.65. The molecule has 0 aliphatic heterocycles. The first-order valence-corrected chi connectivity index (χ1v) is 5.00. The summed E-state index contributed by atoms with van der Waals surface area (Å²) in [4.78, 5) is 22.3. The van der Waals surface area contributed by atoms with E-state index in [0.29, 0.717) is 5.56 Å². The Bertz CT molecular complexity index is 381. The van der Waals surface area contributed by atoms with E-state index >= 15 is 0 Å². The third-order valence-electron chi connectivity index (χ3n) is 2.17. The van der Waals surface area contributed by atoms with Gasteiger partial charge in [-0.1, -0.05) is 29.8 Å². The zero-order valence-corrected chi connectivity index (χ0v) is 9.23. The number of carbonyl (C=O) groups is 2. The van der Waals surface area contributed by atoms with Crippen LogP contribution in [-0.4, -0.2) is 18.5 Å². The molecule has 0 aliphatic rings. The predicted octanol–water partition coefficient (Wildman–Crippen LogP) is 0.392. The van der Waals surface area contributed by atoms with Gasteiger partial charge >= 0.3 is 5.97 Å². The fraction of sp³-hybridized carbons (Fsp3) is 0.333. The monoisotopic (exact) mass is 221 g/mol. The minimum Gasteiger partial charge on any atom is -0.549 e. The maximum absolute atomic E-state index is 11.4. The minimum absolute atomic E-state index is 0.147. The summed E-state index contributed by atoms with van der Waals surface area (Å²) in [5, 5.41) is 10.9. The van der Waals surface area contributed by atoms with Crippen molar-refractivity contribution in [3.63, 3.8) is 0 Å². The van der Waals surface area contributed by atoms with Crippen LogP contribution in [-0.2, 0) is 14.3 Å². The molecule has 16 heavy (non-hydrogen) atoms. The van der Waals surface area contributed by atoms with Gasteiger partial charge in [-0.3, -0.25) is 4.79 Å². The molecular weight excluding hydrogens is 208 g/mol. The number of esters is 1. The highest BCUT2D eigenvalue weighted by atomic mass is 16.5. The number of aliphatic carboxylic acids is 1. The average Bonchev–Trinajstić information content (AvgIpc) is 2.21. The standard InChI is InChI=1S/C12H14O4/c1-3-16-12(15)10(11(13)14)9-6-4-8(2)5-7-9/h4-7,10H,3H2,1-2H3,(H,13,14)/p-1. The van der Waals surface area contributed by atoms with E-state index in [1.165, 1.54) is 0 Å². The van der Waals surface area contributed by atoms with Crippen molar-refractivity contribution in [3.8, 4) is 0 Å². The molecular formula is C12H13O4-. The molecule has 0 spiro atoms. The molecule has 0 heterocycles. The van der Waals surface area contributed by atoms with Crippen molar-refractivity contribution < 1.29 is 19.4 Å².